The third-order valence-electron chi connectivity index (χ3n) is 3.86. The van der Waals surface area contributed by atoms with Gasteiger partial charge in [0, 0.05) is 29.4 Å². The maximum absolute atomic E-state index is 12.4. The number of carbonyl (C=O) groups excluding carboxylic acids is 2. The lowest BCUT2D eigenvalue weighted by atomic mass is 10.2. The molecule has 2 aromatic rings. The van der Waals surface area contributed by atoms with Gasteiger partial charge in [-0.15, -0.1) is 0 Å². The van der Waals surface area contributed by atoms with Crippen LogP contribution >= 0.6 is 11.6 Å². The summed E-state index contributed by atoms with van der Waals surface area (Å²) in [5.41, 5.74) is 2.19. The molecule has 0 heterocycles. The predicted molar refractivity (Wildman–Crippen MR) is 105 cm³/mol. The van der Waals surface area contributed by atoms with Gasteiger partial charge in [0.05, 0.1) is 6.54 Å². The first-order valence-corrected chi connectivity index (χ1v) is 9.04. The number of nitrogens with zero attached hydrogens (tertiary/aromatic N) is 1. The number of carbonyl (C=O) groups is 2. The van der Waals surface area contributed by atoms with Crippen LogP contribution in [0.3, 0.4) is 0 Å². The Morgan fingerprint density at radius 1 is 1.08 bits per heavy atom. The summed E-state index contributed by atoms with van der Waals surface area (Å²) in [6.07, 6.45) is 0. The lowest BCUT2D eigenvalue weighted by Crippen LogP contribution is -2.32. The van der Waals surface area contributed by atoms with Crippen molar-refractivity contribution in [1.82, 2.24) is 10.2 Å². The molecule has 6 heteroatoms. The Morgan fingerprint density at radius 3 is 2.54 bits per heavy atom. The molecule has 26 heavy (non-hydrogen) atoms. The van der Waals surface area contributed by atoms with E-state index < -0.39 is 0 Å². The molecule has 2 N–H and O–H groups in total. The zero-order chi connectivity index (χ0) is 18.9. The molecule has 0 saturated carbocycles. The topological polar surface area (TPSA) is 61.4 Å². The van der Waals surface area contributed by atoms with E-state index >= 15 is 0 Å². The minimum Gasteiger partial charge on any atom is -0.352 e. The predicted octanol–water partition coefficient (Wildman–Crippen LogP) is 3.55. The van der Waals surface area contributed by atoms with Gasteiger partial charge in [-0.25, -0.2) is 0 Å². The average Bonchev–Trinajstić information content (AvgIpc) is 2.61. The van der Waals surface area contributed by atoms with Crippen molar-refractivity contribution in [2.24, 2.45) is 0 Å². The summed E-state index contributed by atoms with van der Waals surface area (Å²) in [5.74, 6) is -0.276. The molecular formula is C20H24ClN3O2. The zero-order valence-corrected chi connectivity index (χ0v) is 15.8. The van der Waals surface area contributed by atoms with Crippen LogP contribution in [-0.4, -0.2) is 36.3 Å². The zero-order valence-electron chi connectivity index (χ0n) is 15.1. The number of hydrogen-bond donors (Lipinski definition) is 2. The van der Waals surface area contributed by atoms with Crippen LogP contribution in [0, 0.1) is 0 Å². The van der Waals surface area contributed by atoms with Crippen LogP contribution in [0.2, 0.25) is 5.02 Å². The van der Waals surface area contributed by atoms with Crippen molar-refractivity contribution in [2.45, 2.75) is 20.4 Å². The van der Waals surface area contributed by atoms with Gasteiger partial charge in [0.2, 0.25) is 5.91 Å². The summed E-state index contributed by atoms with van der Waals surface area (Å²) in [6.45, 7) is 6.07. The molecule has 2 rings (SSSR count). The van der Waals surface area contributed by atoms with Crippen molar-refractivity contribution < 1.29 is 9.59 Å². The third-order valence-corrected chi connectivity index (χ3v) is 4.09. The lowest BCUT2D eigenvalue weighted by Gasteiger charge is -2.20. The highest BCUT2D eigenvalue weighted by molar-refractivity contribution is 6.30. The number of rotatable bonds is 8. The van der Waals surface area contributed by atoms with Gasteiger partial charge in [-0.2, -0.15) is 0 Å². The lowest BCUT2D eigenvalue weighted by molar-refractivity contribution is -0.117. The fourth-order valence-electron chi connectivity index (χ4n) is 2.58. The van der Waals surface area contributed by atoms with Crippen molar-refractivity contribution in [3.05, 3.63) is 64.7 Å². The SMILES string of the molecule is CCNC(=O)c1cccc(NC(=O)CN(CC)Cc2cccc(Cl)c2)c1. The van der Waals surface area contributed by atoms with Gasteiger partial charge < -0.3 is 10.6 Å². The Balaban J connectivity index is 1.96. The average molecular weight is 374 g/mol. The van der Waals surface area contributed by atoms with E-state index in [4.69, 9.17) is 11.6 Å². The summed E-state index contributed by atoms with van der Waals surface area (Å²) >= 11 is 6.02. The van der Waals surface area contributed by atoms with Crippen molar-refractivity contribution >= 4 is 29.1 Å². The summed E-state index contributed by atoms with van der Waals surface area (Å²) in [6, 6.07) is 14.5. The van der Waals surface area contributed by atoms with E-state index in [1.165, 1.54) is 0 Å². The summed E-state index contributed by atoms with van der Waals surface area (Å²) < 4.78 is 0. The molecule has 0 bridgehead atoms. The van der Waals surface area contributed by atoms with Crippen LogP contribution in [0.15, 0.2) is 48.5 Å². The Bertz CT molecular complexity index is 764. The number of anilines is 1. The number of hydrogen-bond acceptors (Lipinski definition) is 3. The molecular weight excluding hydrogens is 350 g/mol. The Hall–Kier alpha value is -2.37. The van der Waals surface area contributed by atoms with Crippen LogP contribution in [0.4, 0.5) is 5.69 Å². The highest BCUT2D eigenvalue weighted by Gasteiger charge is 2.11. The highest BCUT2D eigenvalue weighted by atomic mass is 35.5. The summed E-state index contributed by atoms with van der Waals surface area (Å²) in [5, 5.41) is 6.28. The van der Waals surface area contributed by atoms with E-state index in [2.05, 4.69) is 10.6 Å². The van der Waals surface area contributed by atoms with Crippen LogP contribution in [-0.2, 0) is 11.3 Å². The molecule has 0 aromatic heterocycles. The van der Waals surface area contributed by atoms with Crippen LogP contribution < -0.4 is 10.6 Å². The number of amides is 2. The Morgan fingerprint density at radius 2 is 1.85 bits per heavy atom. The van der Waals surface area contributed by atoms with Crippen molar-refractivity contribution in [2.75, 3.05) is 25.0 Å². The van der Waals surface area contributed by atoms with Gasteiger partial charge in [-0.3, -0.25) is 14.5 Å². The molecule has 0 aliphatic carbocycles. The minimum absolute atomic E-state index is 0.123. The standard InChI is InChI=1S/C20H24ClN3O2/c1-3-22-20(26)16-8-6-10-18(12-16)23-19(25)14-24(4-2)13-15-7-5-9-17(21)11-15/h5-12H,3-4,13-14H2,1-2H3,(H,22,26)(H,23,25). The van der Waals surface area contributed by atoms with Gasteiger partial charge in [0.15, 0.2) is 0 Å². The first kappa shape index (κ1) is 19.9. The molecule has 138 valence electrons. The number of nitrogens with one attached hydrogen (secondary N) is 2. The first-order valence-electron chi connectivity index (χ1n) is 8.66. The normalized spacial score (nSPS) is 10.6. The van der Waals surface area contributed by atoms with Crippen LogP contribution in [0.1, 0.15) is 29.8 Å². The molecule has 0 radical (unpaired) electrons. The Kier molecular flexibility index (Phi) is 7.63. The van der Waals surface area contributed by atoms with E-state index in [0.29, 0.717) is 29.4 Å². The van der Waals surface area contributed by atoms with E-state index in [0.717, 1.165) is 12.1 Å². The highest BCUT2D eigenvalue weighted by Crippen LogP contribution is 2.14. The molecule has 0 spiro atoms. The molecule has 0 fully saturated rings. The molecule has 0 saturated heterocycles. The van der Waals surface area contributed by atoms with Gasteiger partial charge in [0.1, 0.15) is 0 Å². The third kappa shape index (κ3) is 6.17. The number of halogens is 1. The molecule has 2 amide bonds. The minimum atomic E-state index is -0.153. The molecule has 0 atom stereocenters. The van der Waals surface area contributed by atoms with E-state index in [9.17, 15) is 9.59 Å². The maximum Gasteiger partial charge on any atom is 0.251 e. The monoisotopic (exact) mass is 373 g/mol. The van der Waals surface area contributed by atoms with Gasteiger partial charge >= 0.3 is 0 Å². The fraction of sp³-hybridized carbons (Fsp3) is 0.300. The van der Waals surface area contributed by atoms with Crippen molar-refractivity contribution in [3.63, 3.8) is 0 Å². The largest absolute Gasteiger partial charge is 0.352 e. The summed E-state index contributed by atoms with van der Waals surface area (Å²) in [7, 11) is 0. The molecule has 2 aromatic carbocycles. The number of benzene rings is 2. The quantitative estimate of drug-likeness (QED) is 0.743. The first-order chi connectivity index (χ1) is 12.5. The molecule has 0 aliphatic rings. The van der Waals surface area contributed by atoms with Crippen molar-refractivity contribution in [1.29, 1.82) is 0 Å². The van der Waals surface area contributed by atoms with Crippen LogP contribution in [0.25, 0.3) is 0 Å². The second-order valence-electron chi connectivity index (χ2n) is 5.92. The van der Waals surface area contributed by atoms with Gasteiger partial charge in [-0.05, 0) is 49.4 Å². The van der Waals surface area contributed by atoms with E-state index in [-0.39, 0.29) is 18.4 Å². The Labute approximate surface area is 159 Å². The second kappa shape index (κ2) is 9.94. The van der Waals surface area contributed by atoms with E-state index in [1.807, 2.05) is 43.0 Å². The molecule has 0 aliphatic heterocycles. The fourth-order valence-corrected chi connectivity index (χ4v) is 2.79. The smallest absolute Gasteiger partial charge is 0.251 e. The van der Waals surface area contributed by atoms with Crippen molar-refractivity contribution in [3.8, 4) is 0 Å². The second-order valence-corrected chi connectivity index (χ2v) is 6.36. The number of likely N-dealkylation sites (N-methyl/N-ethyl adjacent to an activating group) is 1. The molecule has 5 nitrogen and oxygen atoms in total. The van der Waals surface area contributed by atoms with Crippen LogP contribution in [0.5, 0.6) is 0 Å². The molecule has 0 unspecified atom stereocenters. The maximum atomic E-state index is 12.4. The summed E-state index contributed by atoms with van der Waals surface area (Å²) in [4.78, 5) is 26.3. The van der Waals surface area contributed by atoms with Gasteiger partial charge in [0.25, 0.3) is 5.91 Å². The van der Waals surface area contributed by atoms with Gasteiger partial charge in [-0.1, -0.05) is 36.7 Å². The van der Waals surface area contributed by atoms with E-state index in [1.54, 1.807) is 24.3 Å².